The molecular formula is C15H15NO2Se. The second-order valence-corrected chi connectivity index (χ2v) is 7.24. The molecule has 19 heavy (non-hydrogen) atoms. The van der Waals surface area contributed by atoms with Crippen LogP contribution in [0.2, 0.25) is 5.32 Å². The van der Waals surface area contributed by atoms with Gasteiger partial charge in [-0.15, -0.1) is 0 Å². The van der Waals surface area contributed by atoms with Crippen LogP contribution in [0, 0.1) is 11.3 Å². The van der Waals surface area contributed by atoms with Crippen molar-refractivity contribution in [1.82, 2.24) is 0 Å². The Morgan fingerprint density at radius 2 is 2.00 bits per heavy atom. The van der Waals surface area contributed by atoms with Gasteiger partial charge in [-0.25, -0.2) is 0 Å². The number of rotatable bonds is 2. The van der Waals surface area contributed by atoms with Gasteiger partial charge in [0.2, 0.25) is 0 Å². The molecular weight excluding hydrogens is 305 g/mol. The van der Waals surface area contributed by atoms with Gasteiger partial charge < -0.3 is 0 Å². The number of nitrogens with zero attached hydrogens (tertiary/aromatic N) is 1. The molecule has 1 unspecified atom stereocenters. The fourth-order valence-corrected chi connectivity index (χ4v) is 4.39. The number of carbonyl (C=O) groups excluding carboxylic acids is 1. The summed E-state index contributed by atoms with van der Waals surface area (Å²) in [5, 5.41) is 10.3. The maximum atomic E-state index is 12.1. The van der Waals surface area contributed by atoms with Gasteiger partial charge in [-0.2, -0.15) is 0 Å². The summed E-state index contributed by atoms with van der Waals surface area (Å²) < 4.78 is 4.59. The van der Waals surface area contributed by atoms with Crippen LogP contribution >= 0.6 is 0 Å². The molecule has 98 valence electrons. The molecule has 0 N–H and O–H groups in total. The first-order valence-electron chi connectivity index (χ1n) is 6.05. The molecule has 0 saturated carbocycles. The van der Waals surface area contributed by atoms with Crippen LogP contribution in [0.5, 0.6) is 0 Å². The number of nitriles is 1. The predicted octanol–water partition coefficient (Wildman–Crippen LogP) is 2.93. The van der Waals surface area contributed by atoms with Gasteiger partial charge in [0.1, 0.15) is 0 Å². The van der Waals surface area contributed by atoms with Crippen molar-refractivity contribution < 1.29 is 9.53 Å². The van der Waals surface area contributed by atoms with Gasteiger partial charge in [-0.3, -0.25) is 0 Å². The van der Waals surface area contributed by atoms with E-state index >= 15 is 0 Å². The van der Waals surface area contributed by atoms with Crippen molar-refractivity contribution in [3.05, 3.63) is 47.0 Å². The van der Waals surface area contributed by atoms with Crippen molar-refractivity contribution in [3.63, 3.8) is 0 Å². The zero-order chi connectivity index (χ0) is 13.9. The summed E-state index contributed by atoms with van der Waals surface area (Å²) in [5.41, 5.74) is 2.98. The molecule has 1 aliphatic heterocycles. The number of hydrogen-bond acceptors (Lipinski definition) is 3. The zero-order valence-electron chi connectivity index (χ0n) is 11.0. The van der Waals surface area contributed by atoms with E-state index < -0.39 is 10.5 Å². The number of carbonyl (C=O) groups is 1. The van der Waals surface area contributed by atoms with Crippen LogP contribution in [0.25, 0.3) is 0 Å². The molecule has 1 heterocycles. The van der Waals surface area contributed by atoms with E-state index in [1.807, 2.05) is 13.0 Å². The fraction of sp³-hybridized carbons (Fsp3) is 0.333. The molecule has 0 radical (unpaired) electrons. The Morgan fingerprint density at radius 1 is 1.32 bits per heavy atom. The van der Waals surface area contributed by atoms with Gasteiger partial charge in [0.05, 0.1) is 0 Å². The number of allylic oxidation sites excluding steroid dienone is 1. The summed E-state index contributed by atoms with van der Waals surface area (Å²) in [6.07, 6.45) is 0.536. The van der Waals surface area contributed by atoms with Crippen LogP contribution < -0.4 is 0 Å². The van der Waals surface area contributed by atoms with Crippen molar-refractivity contribution in [2.75, 3.05) is 0 Å². The van der Waals surface area contributed by atoms with E-state index in [0.717, 1.165) is 10.9 Å². The second-order valence-electron chi connectivity index (χ2n) is 4.65. The van der Waals surface area contributed by atoms with Crippen LogP contribution in [0.4, 0.5) is 0 Å². The van der Waals surface area contributed by atoms with Crippen LogP contribution in [0.3, 0.4) is 0 Å². The van der Waals surface area contributed by atoms with Crippen LogP contribution in [-0.2, 0) is 4.74 Å². The number of benzene rings is 1. The average Bonchev–Trinajstić information content (AvgIpc) is 2.44. The Balaban J connectivity index is 2.18. The quantitative estimate of drug-likeness (QED) is 0.478. The molecule has 1 aromatic carbocycles. The number of ether oxygens (including phenoxy) is 1. The van der Waals surface area contributed by atoms with Gasteiger partial charge in [0.25, 0.3) is 0 Å². The number of hydrogen-bond donors (Lipinski definition) is 0. The molecule has 0 saturated heterocycles. The van der Waals surface area contributed by atoms with E-state index in [4.69, 9.17) is 4.74 Å². The Kier molecular flexibility index (Phi) is 4.09. The first kappa shape index (κ1) is 13.9. The molecule has 0 aromatic heterocycles. The van der Waals surface area contributed by atoms with Gasteiger partial charge in [0, 0.05) is 0 Å². The van der Waals surface area contributed by atoms with E-state index in [2.05, 4.69) is 13.0 Å². The van der Waals surface area contributed by atoms with E-state index in [9.17, 15) is 10.1 Å². The molecule has 0 bridgehead atoms. The van der Waals surface area contributed by atoms with Crippen molar-refractivity contribution >= 4 is 20.9 Å². The summed E-state index contributed by atoms with van der Waals surface area (Å²) in [5.74, 6) is -0.406. The molecule has 0 spiro atoms. The zero-order valence-corrected chi connectivity index (χ0v) is 12.7. The molecule has 0 fully saturated rings. The average molecular weight is 320 g/mol. The second kappa shape index (κ2) is 5.61. The van der Waals surface area contributed by atoms with E-state index in [1.54, 1.807) is 24.3 Å². The molecule has 0 aliphatic carbocycles. The van der Waals surface area contributed by atoms with Gasteiger partial charge in [0.15, 0.2) is 0 Å². The molecule has 1 aliphatic rings. The summed E-state index contributed by atoms with van der Waals surface area (Å²) in [6, 6.07) is 11.1. The summed E-state index contributed by atoms with van der Waals surface area (Å²) in [7, 11) is 0. The normalized spacial score (nSPS) is 22.8. The first-order valence-corrected chi connectivity index (χ1v) is 8.12. The fourth-order valence-electron chi connectivity index (χ4n) is 1.84. The van der Waals surface area contributed by atoms with E-state index in [1.165, 1.54) is 5.57 Å². The van der Waals surface area contributed by atoms with Crippen molar-refractivity contribution in [2.45, 2.75) is 30.1 Å². The molecule has 3 nitrogen and oxygen atoms in total. The Labute approximate surface area is 119 Å². The molecule has 4 heteroatoms. The van der Waals surface area contributed by atoms with Crippen LogP contribution in [-0.4, -0.2) is 25.4 Å². The predicted molar refractivity (Wildman–Crippen MR) is 73.8 cm³/mol. The first-order chi connectivity index (χ1) is 9.06. The van der Waals surface area contributed by atoms with Gasteiger partial charge in [-0.1, -0.05) is 0 Å². The third-order valence-electron chi connectivity index (χ3n) is 3.19. The van der Waals surface area contributed by atoms with E-state index in [0.29, 0.717) is 12.0 Å². The van der Waals surface area contributed by atoms with Crippen LogP contribution in [0.1, 0.15) is 30.6 Å². The van der Waals surface area contributed by atoms with Crippen LogP contribution in [0.15, 0.2) is 41.5 Å². The molecule has 1 aromatic rings. The minimum absolute atomic E-state index is 0.0320. The third-order valence-corrected chi connectivity index (χ3v) is 6.04. The van der Waals surface area contributed by atoms with Gasteiger partial charge >= 0.3 is 119 Å². The molecule has 2 rings (SSSR count). The topological polar surface area (TPSA) is 50.1 Å². The van der Waals surface area contributed by atoms with Crippen molar-refractivity contribution in [2.24, 2.45) is 0 Å². The standard InChI is InChI=1S/C15H15NO2Se/c1-11-8-15(10-16,19-9-12(11)2)18-14(17)13-6-4-3-5-7-13/h3-7H,8-9H2,1-2H3. The van der Waals surface area contributed by atoms with Gasteiger partial charge in [-0.05, 0) is 0 Å². The Bertz CT molecular complexity index is 559. The minimum atomic E-state index is -0.941. The molecule has 1 atom stereocenters. The van der Waals surface area contributed by atoms with E-state index in [-0.39, 0.29) is 15.0 Å². The van der Waals surface area contributed by atoms with Crippen molar-refractivity contribution in [1.29, 1.82) is 5.26 Å². The Morgan fingerprint density at radius 3 is 2.58 bits per heavy atom. The molecule has 0 amide bonds. The summed E-state index contributed by atoms with van der Waals surface area (Å²) in [6.45, 7) is 4.09. The Hall–Kier alpha value is -1.56. The summed E-state index contributed by atoms with van der Waals surface area (Å²) in [4.78, 5) is 12.1. The summed E-state index contributed by atoms with van der Waals surface area (Å²) >= 11 is -0.0320. The number of esters is 1. The monoisotopic (exact) mass is 321 g/mol. The third kappa shape index (κ3) is 3.07. The SMILES string of the molecule is CC1=C(C)CC(C#N)(OC(=O)c2ccccc2)[Se]C1. The van der Waals surface area contributed by atoms with Crippen molar-refractivity contribution in [3.8, 4) is 6.07 Å². The maximum absolute atomic E-state index is 12.1.